The maximum atomic E-state index is 11.9. The number of fused-ring (bicyclic) bond motifs is 1. The van der Waals surface area contributed by atoms with Crippen molar-refractivity contribution in [2.24, 2.45) is 0 Å². The Morgan fingerprint density at radius 3 is 3.37 bits per heavy atom. The summed E-state index contributed by atoms with van der Waals surface area (Å²) < 4.78 is 1.54. The second-order valence-corrected chi connectivity index (χ2v) is 5.33. The van der Waals surface area contributed by atoms with Gasteiger partial charge in [-0.05, 0) is 0 Å². The van der Waals surface area contributed by atoms with Gasteiger partial charge in [0.15, 0.2) is 4.96 Å². The molecular weight excluding hydrogens is 262 g/mol. The lowest BCUT2D eigenvalue weighted by Crippen LogP contribution is -2.50. The van der Waals surface area contributed by atoms with E-state index in [0.29, 0.717) is 18.1 Å². The van der Waals surface area contributed by atoms with Crippen LogP contribution in [0.1, 0.15) is 5.69 Å². The number of rotatable bonds is 2. The van der Waals surface area contributed by atoms with Crippen LogP contribution in [0.5, 0.6) is 0 Å². The fourth-order valence-corrected chi connectivity index (χ4v) is 2.98. The average molecular weight is 275 g/mol. The van der Waals surface area contributed by atoms with E-state index >= 15 is 0 Å². The molecule has 0 spiro atoms. The number of thiazole rings is 1. The lowest BCUT2D eigenvalue weighted by atomic mass is 10.2. The first-order valence-electron chi connectivity index (χ1n) is 6.08. The van der Waals surface area contributed by atoms with Crippen molar-refractivity contribution in [3.63, 3.8) is 0 Å². The molecule has 3 rings (SSSR count). The van der Waals surface area contributed by atoms with Crippen molar-refractivity contribution >= 4 is 16.3 Å². The second kappa shape index (κ2) is 5.09. The standard InChI is InChI=1S/C12H13N5OS/c13-6-10-7-14-1-2-16(10)8-9-5-11(18)17-3-4-19-12(17)15-9/h3-5,10,14H,1-2,7-8H2. The van der Waals surface area contributed by atoms with Crippen molar-refractivity contribution < 1.29 is 0 Å². The van der Waals surface area contributed by atoms with E-state index in [0.717, 1.165) is 18.8 Å². The number of aromatic nitrogens is 2. The zero-order chi connectivity index (χ0) is 13.2. The Balaban J connectivity index is 1.88. The predicted octanol–water partition coefficient (Wildman–Crippen LogP) is 0.0534. The van der Waals surface area contributed by atoms with Gasteiger partial charge in [0.25, 0.3) is 5.56 Å². The van der Waals surface area contributed by atoms with Crippen LogP contribution in [0.2, 0.25) is 0 Å². The van der Waals surface area contributed by atoms with E-state index in [1.54, 1.807) is 12.3 Å². The van der Waals surface area contributed by atoms with E-state index in [4.69, 9.17) is 5.26 Å². The van der Waals surface area contributed by atoms with Gasteiger partial charge in [0, 0.05) is 43.8 Å². The first-order chi connectivity index (χ1) is 9.28. The number of nitrogens with one attached hydrogen (secondary N) is 1. The predicted molar refractivity (Wildman–Crippen MR) is 72.0 cm³/mol. The molecule has 1 N–H and O–H groups in total. The molecule has 0 bridgehead atoms. The van der Waals surface area contributed by atoms with Crippen molar-refractivity contribution in [3.05, 3.63) is 33.7 Å². The summed E-state index contributed by atoms with van der Waals surface area (Å²) in [4.78, 5) is 19.1. The molecule has 0 aliphatic carbocycles. The van der Waals surface area contributed by atoms with Crippen LogP contribution in [-0.2, 0) is 6.54 Å². The molecule has 19 heavy (non-hydrogen) atoms. The molecular formula is C12H13N5OS. The lowest BCUT2D eigenvalue weighted by molar-refractivity contribution is 0.187. The maximum Gasteiger partial charge on any atom is 0.258 e. The van der Waals surface area contributed by atoms with Gasteiger partial charge in [-0.3, -0.25) is 14.1 Å². The third-order valence-electron chi connectivity index (χ3n) is 3.22. The lowest BCUT2D eigenvalue weighted by Gasteiger charge is -2.31. The molecule has 3 heterocycles. The van der Waals surface area contributed by atoms with E-state index in [1.165, 1.54) is 15.7 Å². The quantitative estimate of drug-likeness (QED) is 0.838. The zero-order valence-corrected chi connectivity index (χ0v) is 11.1. The Morgan fingerprint density at radius 2 is 2.53 bits per heavy atom. The average Bonchev–Trinajstić information content (AvgIpc) is 2.88. The van der Waals surface area contributed by atoms with Crippen molar-refractivity contribution in [3.8, 4) is 6.07 Å². The topological polar surface area (TPSA) is 73.4 Å². The third kappa shape index (κ3) is 2.38. The molecule has 1 unspecified atom stereocenters. The highest BCUT2D eigenvalue weighted by atomic mass is 32.1. The Morgan fingerprint density at radius 1 is 1.63 bits per heavy atom. The summed E-state index contributed by atoms with van der Waals surface area (Å²) in [6.07, 6.45) is 1.72. The number of nitrogens with zero attached hydrogens (tertiary/aromatic N) is 4. The van der Waals surface area contributed by atoms with E-state index in [2.05, 4.69) is 21.3 Å². The molecule has 0 saturated carbocycles. The normalized spacial score (nSPS) is 20.5. The highest BCUT2D eigenvalue weighted by Gasteiger charge is 2.22. The molecule has 1 aliphatic heterocycles. The number of hydrogen-bond acceptors (Lipinski definition) is 6. The van der Waals surface area contributed by atoms with Crippen LogP contribution in [0.15, 0.2) is 22.4 Å². The summed E-state index contributed by atoms with van der Waals surface area (Å²) >= 11 is 1.44. The van der Waals surface area contributed by atoms with Crippen molar-refractivity contribution in [1.82, 2.24) is 19.6 Å². The van der Waals surface area contributed by atoms with E-state index in [-0.39, 0.29) is 11.6 Å². The minimum Gasteiger partial charge on any atom is -0.313 e. The molecule has 0 radical (unpaired) electrons. The molecule has 1 fully saturated rings. The monoisotopic (exact) mass is 275 g/mol. The highest BCUT2D eigenvalue weighted by molar-refractivity contribution is 7.15. The first-order valence-corrected chi connectivity index (χ1v) is 6.96. The Labute approximate surface area is 113 Å². The number of nitriles is 1. The van der Waals surface area contributed by atoms with E-state index in [1.807, 2.05) is 5.38 Å². The molecule has 1 aliphatic rings. The van der Waals surface area contributed by atoms with Gasteiger partial charge in [-0.15, -0.1) is 11.3 Å². The van der Waals surface area contributed by atoms with Crippen LogP contribution in [0.25, 0.3) is 4.96 Å². The molecule has 2 aromatic rings. The summed E-state index contributed by atoms with van der Waals surface area (Å²) in [5.74, 6) is 0. The van der Waals surface area contributed by atoms with Crippen molar-refractivity contribution in [1.29, 1.82) is 5.26 Å². The SMILES string of the molecule is N#CC1CNCCN1Cc1cc(=O)n2ccsc2n1. The van der Waals surface area contributed by atoms with Gasteiger partial charge in [0.1, 0.15) is 6.04 Å². The number of hydrogen-bond donors (Lipinski definition) is 1. The maximum absolute atomic E-state index is 11.9. The summed E-state index contributed by atoms with van der Waals surface area (Å²) in [5, 5.41) is 14.2. The minimum atomic E-state index is -0.155. The van der Waals surface area contributed by atoms with E-state index in [9.17, 15) is 4.79 Å². The largest absolute Gasteiger partial charge is 0.313 e. The van der Waals surface area contributed by atoms with Gasteiger partial charge in [-0.1, -0.05) is 0 Å². The van der Waals surface area contributed by atoms with E-state index < -0.39 is 0 Å². The fraction of sp³-hybridized carbons (Fsp3) is 0.417. The van der Waals surface area contributed by atoms with Gasteiger partial charge < -0.3 is 5.32 Å². The fourth-order valence-electron chi connectivity index (χ4n) is 2.24. The Kier molecular flexibility index (Phi) is 3.29. The Bertz CT molecular complexity index is 685. The van der Waals surface area contributed by atoms with Crippen LogP contribution < -0.4 is 10.9 Å². The van der Waals surface area contributed by atoms with Gasteiger partial charge in [0.2, 0.25) is 0 Å². The smallest absolute Gasteiger partial charge is 0.258 e. The van der Waals surface area contributed by atoms with Gasteiger partial charge in [0.05, 0.1) is 11.8 Å². The molecule has 0 aromatic carbocycles. The molecule has 98 valence electrons. The van der Waals surface area contributed by atoms with Crippen LogP contribution in [-0.4, -0.2) is 40.0 Å². The van der Waals surface area contributed by atoms with Crippen LogP contribution in [0, 0.1) is 11.3 Å². The summed E-state index contributed by atoms with van der Waals surface area (Å²) in [5.41, 5.74) is 0.666. The molecule has 6 nitrogen and oxygen atoms in total. The first kappa shape index (κ1) is 12.3. The van der Waals surface area contributed by atoms with Crippen molar-refractivity contribution in [2.75, 3.05) is 19.6 Å². The summed E-state index contributed by atoms with van der Waals surface area (Å²) in [6.45, 7) is 2.86. The molecule has 1 atom stereocenters. The van der Waals surface area contributed by atoms with Crippen molar-refractivity contribution in [2.45, 2.75) is 12.6 Å². The summed E-state index contributed by atoms with van der Waals surface area (Å²) in [6, 6.07) is 3.67. The number of piperazine rings is 1. The van der Waals surface area contributed by atoms with Gasteiger partial charge in [-0.2, -0.15) is 5.26 Å². The van der Waals surface area contributed by atoms with Gasteiger partial charge >= 0.3 is 0 Å². The summed E-state index contributed by atoms with van der Waals surface area (Å²) in [7, 11) is 0. The van der Waals surface area contributed by atoms with Crippen LogP contribution in [0.3, 0.4) is 0 Å². The molecule has 7 heteroatoms. The minimum absolute atomic E-state index is 0.0649. The third-order valence-corrected chi connectivity index (χ3v) is 3.98. The van der Waals surface area contributed by atoms with Gasteiger partial charge in [-0.25, -0.2) is 4.98 Å². The highest BCUT2D eigenvalue weighted by Crippen LogP contribution is 2.10. The molecule has 2 aromatic heterocycles. The molecule has 0 amide bonds. The second-order valence-electron chi connectivity index (χ2n) is 4.46. The zero-order valence-electron chi connectivity index (χ0n) is 10.2. The van der Waals surface area contributed by atoms with Crippen LogP contribution >= 0.6 is 11.3 Å². The van der Waals surface area contributed by atoms with Crippen LogP contribution in [0.4, 0.5) is 0 Å². The molecule has 1 saturated heterocycles. The Hall–Kier alpha value is -1.75.